The van der Waals surface area contributed by atoms with Crippen LogP contribution in [0.3, 0.4) is 0 Å². The van der Waals surface area contributed by atoms with Gasteiger partial charge in [-0.15, -0.1) is 11.3 Å². The second-order valence-corrected chi connectivity index (χ2v) is 7.96. The summed E-state index contributed by atoms with van der Waals surface area (Å²) in [4.78, 5) is 1.58. The molecule has 4 heteroatoms. The number of hydrogen-bond acceptors (Lipinski definition) is 4. The second kappa shape index (κ2) is 5.65. The summed E-state index contributed by atoms with van der Waals surface area (Å²) >= 11 is 1.91. The molecule has 3 aliphatic rings. The third-order valence-corrected chi connectivity index (χ3v) is 6.70. The minimum absolute atomic E-state index is 0.0212. The van der Waals surface area contributed by atoms with Crippen molar-refractivity contribution in [1.82, 2.24) is 0 Å². The van der Waals surface area contributed by atoms with E-state index in [9.17, 15) is 0 Å². The molecule has 0 bridgehead atoms. The Morgan fingerprint density at radius 2 is 2.29 bits per heavy atom. The largest absolute Gasteiger partial charge is 0.378 e. The summed E-state index contributed by atoms with van der Waals surface area (Å²) in [5, 5.41) is 2.24. The summed E-state index contributed by atoms with van der Waals surface area (Å²) in [6.07, 6.45) is 7.05. The van der Waals surface area contributed by atoms with Crippen molar-refractivity contribution in [3.05, 3.63) is 21.9 Å². The second-order valence-electron chi connectivity index (χ2n) is 6.96. The predicted octanol–water partition coefficient (Wildman–Crippen LogP) is 3.08. The Labute approximate surface area is 130 Å². The van der Waals surface area contributed by atoms with Gasteiger partial charge >= 0.3 is 0 Å². The zero-order valence-corrected chi connectivity index (χ0v) is 13.4. The quantitative estimate of drug-likeness (QED) is 0.913. The van der Waals surface area contributed by atoms with Gasteiger partial charge in [0.25, 0.3) is 0 Å². The van der Waals surface area contributed by atoms with Gasteiger partial charge in [0.1, 0.15) is 0 Å². The standard InChI is InChI=1S/C17H25NO2S/c18-16(14-2-1-3-15-13(14)5-9-21-15)12-4-7-20-17(10-12)6-8-19-11-17/h5,9,12,14,16H,1-4,6-8,10-11,18H2. The van der Waals surface area contributed by atoms with E-state index in [1.165, 1.54) is 19.3 Å². The van der Waals surface area contributed by atoms with Gasteiger partial charge in [0.15, 0.2) is 0 Å². The fourth-order valence-corrected chi connectivity index (χ4v) is 5.50. The van der Waals surface area contributed by atoms with E-state index >= 15 is 0 Å². The first-order chi connectivity index (χ1) is 10.3. The molecular weight excluding hydrogens is 282 g/mol. The van der Waals surface area contributed by atoms with Gasteiger partial charge < -0.3 is 15.2 Å². The first-order valence-corrected chi connectivity index (χ1v) is 9.19. The van der Waals surface area contributed by atoms with Crippen molar-refractivity contribution in [2.24, 2.45) is 11.7 Å². The smallest absolute Gasteiger partial charge is 0.0939 e. The Morgan fingerprint density at radius 1 is 1.33 bits per heavy atom. The molecule has 4 unspecified atom stereocenters. The van der Waals surface area contributed by atoms with E-state index in [1.807, 2.05) is 11.3 Å². The van der Waals surface area contributed by atoms with E-state index in [1.54, 1.807) is 10.4 Å². The van der Waals surface area contributed by atoms with Crippen LogP contribution in [0.15, 0.2) is 11.4 Å². The molecule has 3 nitrogen and oxygen atoms in total. The molecule has 0 radical (unpaired) electrons. The van der Waals surface area contributed by atoms with Crippen LogP contribution in [0.4, 0.5) is 0 Å². The molecule has 2 saturated heterocycles. The van der Waals surface area contributed by atoms with Crippen molar-refractivity contribution in [2.45, 2.75) is 56.1 Å². The van der Waals surface area contributed by atoms with Crippen molar-refractivity contribution >= 4 is 11.3 Å². The van der Waals surface area contributed by atoms with E-state index in [-0.39, 0.29) is 11.6 Å². The third-order valence-electron chi connectivity index (χ3n) is 5.71. The minimum Gasteiger partial charge on any atom is -0.378 e. The van der Waals surface area contributed by atoms with Crippen molar-refractivity contribution in [1.29, 1.82) is 0 Å². The summed E-state index contributed by atoms with van der Waals surface area (Å²) in [5.74, 6) is 1.14. The Kier molecular flexibility index (Phi) is 3.82. The molecule has 4 rings (SSSR count). The third kappa shape index (κ3) is 2.56. The number of rotatable bonds is 2. The fraction of sp³-hybridized carbons (Fsp3) is 0.765. The maximum atomic E-state index is 6.76. The topological polar surface area (TPSA) is 44.5 Å². The van der Waals surface area contributed by atoms with Gasteiger partial charge in [-0.2, -0.15) is 0 Å². The number of fused-ring (bicyclic) bond motifs is 1. The van der Waals surface area contributed by atoms with Gasteiger partial charge in [-0.1, -0.05) is 0 Å². The summed E-state index contributed by atoms with van der Waals surface area (Å²) in [5.41, 5.74) is 8.28. The highest BCUT2D eigenvalue weighted by Gasteiger charge is 2.44. The molecule has 21 heavy (non-hydrogen) atoms. The molecule has 1 aliphatic carbocycles. The summed E-state index contributed by atoms with van der Waals surface area (Å²) in [7, 11) is 0. The molecule has 4 atom stereocenters. The van der Waals surface area contributed by atoms with Crippen LogP contribution in [0.1, 0.15) is 48.5 Å². The van der Waals surface area contributed by atoms with Crippen molar-refractivity contribution in [2.75, 3.05) is 19.8 Å². The molecule has 1 aromatic rings. The van der Waals surface area contributed by atoms with Crippen molar-refractivity contribution in [3.63, 3.8) is 0 Å². The van der Waals surface area contributed by atoms with E-state index in [4.69, 9.17) is 15.2 Å². The average Bonchev–Trinajstić information content (AvgIpc) is 3.15. The normalized spacial score (nSPS) is 37.6. The number of hydrogen-bond donors (Lipinski definition) is 1. The zero-order valence-electron chi connectivity index (χ0n) is 12.6. The molecule has 1 spiro atoms. The Balaban J connectivity index is 1.51. The average molecular weight is 307 g/mol. The lowest BCUT2D eigenvalue weighted by Crippen LogP contribution is -2.48. The SMILES string of the molecule is NC(C1CCOC2(CCOC2)C1)C1CCCc2sccc21. The van der Waals surface area contributed by atoms with Crippen LogP contribution in [0.2, 0.25) is 0 Å². The van der Waals surface area contributed by atoms with Gasteiger partial charge in [0.2, 0.25) is 0 Å². The predicted molar refractivity (Wildman–Crippen MR) is 84.8 cm³/mol. The first kappa shape index (κ1) is 14.2. The van der Waals surface area contributed by atoms with Crippen LogP contribution in [0.5, 0.6) is 0 Å². The van der Waals surface area contributed by atoms with Crippen LogP contribution < -0.4 is 5.73 Å². The highest BCUT2D eigenvalue weighted by Crippen LogP contribution is 2.43. The van der Waals surface area contributed by atoms with Gasteiger partial charge in [0, 0.05) is 36.5 Å². The van der Waals surface area contributed by atoms with Crippen molar-refractivity contribution in [3.8, 4) is 0 Å². The number of nitrogens with two attached hydrogens (primary N) is 1. The lowest BCUT2D eigenvalue weighted by atomic mass is 9.72. The number of ether oxygens (including phenoxy) is 2. The van der Waals surface area contributed by atoms with Crippen LogP contribution in [-0.4, -0.2) is 31.5 Å². The van der Waals surface area contributed by atoms with Gasteiger partial charge in [-0.25, -0.2) is 0 Å². The summed E-state index contributed by atoms with van der Waals surface area (Å²) in [6, 6.07) is 2.59. The Bertz CT molecular complexity index is 495. The molecule has 0 aromatic carbocycles. The Morgan fingerprint density at radius 3 is 3.14 bits per heavy atom. The van der Waals surface area contributed by atoms with E-state index in [0.717, 1.165) is 39.1 Å². The van der Waals surface area contributed by atoms with Gasteiger partial charge in [-0.3, -0.25) is 0 Å². The molecule has 2 aliphatic heterocycles. The van der Waals surface area contributed by atoms with Crippen LogP contribution in [0, 0.1) is 5.92 Å². The maximum absolute atomic E-state index is 6.76. The molecule has 1 aromatic heterocycles. The monoisotopic (exact) mass is 307 g/mol. The molecule has 2 N–H and O–H groups in total. The lowest BCUT2D eigenvalue weighted by Gasteiger charge is -2.42. The van der Waals surface area contributed by atoms with Gasteiger partial charge in [0.05, 0.1) is 12.2 Å². The number of thiophene rings is 1. The minimum atomic E-state index is -0.0212. The Hall–Kier alpha value is -0.420. The summed E-state index contributed by atoms with van der Waals surface area (Å²) in [6.45, 7) is 2.47. The van der Waals surface area contributed by atoms with Crippen LogP contribution in [0.25, 0.3) is 0 Å². The molecule has 116 valence electrons. The highest BCUT2D eigenvalue weighted by molar-refractivity contribution is 7.10. The molecular formula is C17H25NO2S. The van der Waals surface area contributed by atoms with Crippen LogP contribution in [-0.2, 0) is 15.9 Å². The number of aryl methyl sites for hydroxylation is 1. The molecule has 3 heterocycles. The fourth-order valence-electron chi connectivity index (χ4n) is 4.51. The highest BCUT2D eigenvalue weighted by atomic mass is 32.1. The summed E-state index contributed by atoms with van der Waals surface area (Å²) < 4.78 is 11.7. The zero-order chi connectivity index (χ0) is 14.3. The van der Waals surface area contributed by atoms with Gasteiger partial charge in [-0.05, 0) is 55.0 Å². The molecule has 0 amide bonds. The molecule has 0 saturated carbocycles. The molecule has 2 fully saturated rings. The van der Waals surface area contributed by atoms with E-state index in [0.29, 0.717) is 11.8 Å². The maximum Gasteiger partial charge on any atom is 0.0939 e. The van der Waals surface area contributed by atoms with Crippen molar-refractivity contribution < 1.29 is 9.47 Å². The van der Waals surface area contributed by atoms with E-state index in [2.05, 4.69) is 11.4 Å². The first-order valence-electron chi connectivity index (χ1n) is 8.31. The van der Waals surface area contributed by atoms with Crippen LogP contribution >= 0.6 is 11.3 Å². The van der Waals surface area contributed by atoms with E-state index < -0.39 is 0 Å². The lowest BCUT2D eigenvalue weighted by molar-refractivity contribution is -0.102.